The van der Waals surface area contributed by atoms with Crippen LogP contribution in [0.3, 0.4) is 0 Å². The lowest BCUT2D eigenvalue weighted by molar-refractivity contribution is -0.201. The number of fused-ring (bicyclic) bond motifs is 1. The number of carbonyl (C=O) groups is 2. The third-order valence-electron chi connectivity index (χ3n) is 7.38. The number of benzene rings is 1. The van der Waals surface area contributed by atoms with Gasteiger partial charge in [0.2, 0.25) is 17.7 Å². The van der Waals surface area contributed by atoms with E-state index in [9.17, 15) is 22.8 Å². The Balaban J connectivity index is 1.40. The molecule has 9 nitrogen and oxygen atoms in total. The van der Waals surface area contributed by atoms with Gasteiger partial charge in [-0.1, -0.05) is 24.3 Å². The number of alkyl halides is 3. The first-order valence-corrected chi connectivity index (χ1v) is 12.7. The minimum absolute atomic E-state index is 0.0505. The van der Waals surface area contributed by atoms with E-state index in [0.29, 0.717) is 23.4 Å². The van der Waals surface area contributed by atoms with Gasteiger partial charge in [-0.3, -0.25) is 14.5 Å². The molecule has 3 aliphatic rings. The van der Waals surface area contributed by atoms with Crippen molar-refractivity contribution >= 4 is 17.8 Å². The highest BCUT2D eigenvalue weighted by atomic mass is 19.4. The number of nitrogens with two attached hydrogens (primary N) is 1. The van der Waals surface area contributed by atoms with Gasteiger partial charge in [0.1, 0.15) is 5.75 Å². The number of aliphatic imine (C=N–C) groups is 1. The zero-order chi connectivity index (χ0) is 28.1. The van der Waals surface area contributed by atoms with Crippen LogP contribution in [0.15, 0.2) is 47.6 Å². The fourth-order valence-corrected chi connectivity index (χ4v) is 5.46. The molecule has 0 radical (unpaired) electrons. The quantitative estimate of drug-likeness (QED) is 0.572. The molecule has 0 bridgehead atoms. The largest absolute Gasteiger partial charge is 0.481 e. The molecule has 2 amide bonds. The molecule has 3 N–H and O–H groups in total. The number of hydrogen-bond donors (Lipinski definition) is 2. The van der Waals surface area contributed by atoms with E-state index in [1.807, 2.05) is 13.8 Å². The Kier molecular flexibility index (Phi) is 6.68. The SMILES string of the molecule is COc1ccc(C([C@@H]2C[C@H]2C(=O)N[C@H]2C[C@H](C(F)(F)F)Oc3ccccc32)N2C(=O)CC(C)(C)N=C2N)cn1. The van der Waals surface area contributed by atoms with Crippen LogP contribution in [0, 0.1) is 11.8 Å². The smallest absolute Gasteiger partial charge is 0.425 e. The number of para-hydroxylation sites is 1. The lowest BCUT2D eigenvalue weighted by Crippen LogP contribution is -2.52. The number of rotatable bonds is 6. The third kappa shape index (κ3) is 5.37. The number of nitrogens with zero attached hydrogens (tertiary/aromatic N) is 3. The molecule has 1 fully saturated rings. The maximum atomic E-state index is 13.5. The highest BCUT2D eigenvalue weighted by Crippen LogP contribution is 2.51. The summed E-state index contributed by atoms with van der Waals surface area (Å²) in [6.45, 7) is 3.62. The highest BCUT2D eigenvalue weighted by molar-refractivity contribution is 5.99. The molecule has 12 heteroatoms. The van der Waals surface area contributed by atoms with Gasteiger partial charge in [-0.15, -0.1) is 0 Å². The van der Waals surface area contributed by atoms with Gasteiger partial charge in [0.05, 0.1) is 31.2 Å². The summed E-state index contributed by atoms with van der Waals surface area (Å²) < 4.78 is 51.0. The molecule has 0 spiro atoms. The summed E-state index contributed by atoms with van der Waals surface area (Å²) in [7, 11) is 1.49. The molecule has 0 saturated heterocycles. The number of nitrogens with one attached hydrogen (secondary N) is 1. The predicted molar refractivity (Wildman–Crippen MR) is 135 cm³/mol. The number of carbonyl (C=O) groups excluding carboxylic acids is 2. The van der Waals surface area contributed by atoms with Crippen LogP contribution in [0.25, 0.3) is 0 Å². The van der Waals surface area contributed by atoms with Gasteiger partial charge in [0.15, 0.2) is 12.1 Å². The van der Waals surface area contributed by atoms with Crippen molar-refractivity contribution in [3.8, 4) is 11.6 Å². The minimum atomic E-state index is -4.58. The fraction of sp³-hybridized carbons (Fsp3) is 0.481. The van der Waals surface area contributed by atoms with E-state index in [1.165, 1.54) is 18.1 Å². The molecular weight excluding hydrogens is 515 g/mol. The Morgan fingerprint density at radius 2 is 1.97 bits per heavy atom. The minimum Gasteiger partial charge on any atom is -0.481 e. The second-order valence-electron chi connectivity index (χ2n) is 10.8. The number of hydrogen-bond acceptors (Lipinski definition) is 7. The van der Waals surface area contributed by atoms with Crippen LogP contribution in [0.5, 0.6) is 11.6 Å². The van der Waals surface area contributed by atoms with E-state index < -0.39 is 48.1 Å². The zero-order valence-corrected chi connectivity index (χ0v) is 21.7. The number of guanidine groups is 1. The monoisotopic (exact) mass is 545 g/mol. The molecular formula is C27H30F3N5O4. The van der Waals surface area contributed by atoms with E-state index in [4.69, 9.17) is 15.2 Å². The molecule has 2 aromatic rings. The average Bonchev–Trinajstić information content (AvgIpc) is 3.66. The van der Waals surface area contributed by atoms with E-state index >= 15 is 0 Å². The summed E-state index contributed by atoms with van der Waals surface area (Å²) in [6.07, 6.45) is -4.93. The third-order valence-corrected chi connectivity index (χ3v) is 7.38. The van der Waals surface area contributed by atoms with Crippen molar-refractivity contribution in [3.05, 3.63) is 53.7 Å². The first kappa shape index (κ1) is 26.8. The van der Waals surface area contributed by atoms with Crippen LogP contribution in [0.2, 0.25) is 0 Å². The number of methoxy groups -OCH3 is 1. The molecule has 1 unspecified atom stereocenters. The summed E-state index contributed by atoms with van der Waals surface area (Å²) in [4.78, 5) is 36.8. The lowest BCUT2D eigenvalue weighted by Gasteiger charge is -2.38. The second kappa shape index (κ2) is 9.73. The first-order chi connectivity index (χ1) is 18.4. The van der Waals surface area contributed by atoms with Gasteiger partial charge in [-0.05, 0) is 37.8 Å². The fourth-order valence-electron chi connectivity index (χ4n) is 5.46. The zero-order valence-electron chi connectivity index (χ0n) is 21.7. The van der Waals surface area contributed by atoms with E-state index in [2.05, 4.69) is 15.3 Å². The van der Waals surface area contributed by atoms with Crippen molar-refractivity contribution in [1.29, 1.82) is 0 Å². The number of amides is 2. The maximum Gasteiger partial charge on any atom is 0.425 e. The Labute approximate surface area is 223 Å². The Hall–Kier alpha value is -3.83. The van der Waals surface area contributed by atoms with Gasteiger partial charge in [-0.2, -0.15) is 13.2 Å². The van der Waals surface area contributed by atoms with Crippen molar-refractivity contribution in [3.63, 3.8) is 0 Å². The number of aromatic nitrogens is 1. The van der Waals surface area contributed by atoms with E-state index in [-0.39, 0.29) is 30.0 Å². The van der Waals surface area contributed by atoms with Crippen LogP contribution >= 0.6 is 0 Å². The summed E-state index contributed by atoms with van der Waals surface area (Å²) >= 11 is 0. The second-order valence-corrected chi connectivity index (χ2v) is 10.8. The molecule has 5 atom stereocenters. The van der Waals surface area contributed by atoms with Crippen LogP contribution in [-0.2, 0) is 9.59 Å². The van der Waals surface area contributed by atoms with Crippen LogP contribution < -0.4 is 20.5 Å². The van der Waals surface area contributed by atoms with E-state index in [1.54, 1.807) is 36.5 Å². The van der Waals surface area contributed by atoms with Crippen LogP contribution in [0.1, 0.15) is 56.3 Å². The molecule has 1 aromatic carbocycles. The molecule has 3 heterocycles. The normalized spacial score (nSPS) is 26.6. The predicted octanol–water partition coefficient (Wildman–Crippen LogP) is 3.66. The molecule has 5 rings (SSSR count). The van der Waals surface area contributed by atoms with Crippen molar-refractivity contribution in [2.45, 2.75) is 63.0 Å². The molecule has 1 saturated carbocycles. The summed E-state index contributed by atoms with van der Waals surface area (Å²) in [5, 5.41) is 2.81. The van der Waals surface area contributed by atoms with Gasteiger partial charge in [-0.25, -0.2) is 9.98 Å². The number of halogens is 3. The van der Waals surface area contributed by atoms with Crippen LogP contribution in [-0.4, -0.2) is 52.6 Å². The molecule has 1 aromatic heterocycles. The van der Waals surface area contributed by atoms with Crippen LogP contribution in [0.4, 0.5) is 13.2 Å². The maximum absolute atomic E-state index is 13.5. The topological polar surface area (TPSA) is 119 Å². The van der Waals surface area contributed by atoms with Gasteiger partial charge in [0, 0.05) is 30.2 Å². The van der Waals surface area contributed by atoms with Crippen molar-refractivity contribution in [2.75, 3.05) is 7.11 Å². The highest BCUT2D eigenvalue weighted by Gasteiger charge is 2.54. The summed E-state index contributed by atoms with van der Waals surface area (Å²) in [5.74, 6) is -0.988. The summed E-state index contributed by atoms with van der Waals surface area (Å²) in [6, 6.07) is 8.29. The number of ether oxygens (including phenoxy) is 2. The van der Waals surface area contributed by atoms with Crippen molar-refractivity contribution < 1.29 is 32.2 Å². The van der Waals surface area contributed by atoms with E-state index in [0.717, 1.165) is 0 Å². The van der Waals surface area contributed by atoms with Crippen molar-refractivity contribution in [1.82, 2.24) is 15.2 Å². The van der Waals surface area contributed by atoms with Gasteiger partial charge < -0.3 is 20.5 Å². The molecule has 39 heavy (non-hydrogen) atoms. The lowest BCUT2D eigenvalue weighted by atomic mass is 9.94. The number of pyridine rings is 1. The first-order valence-electron chi connectivity index (χ1n) is 12.7. The Morgan fingerprint density at radius 3 is 2.62 bits per heavy atom. The van der Waals surface area contributed by atoms with Gasteiger partial charge >= 0.3 is 6.18 Å². The van der Waals surface area contributed by atoms with Crippen molar-refractivity contribution in [2.24, 2.45) is 22.6 Å². The molecule has 208 valence electrons. The Morgan fingerprint density at radius 1 is 1.23 bits per heavy atom. The standard InChI is InChI=1S/C27H30F3N5O4/c1-26(2)12-22(36)35(25(31)34-26)23(14-8-9-21(38-3)32-13-14)16-10-17(16)24(37)33-18-11-20(27(28,29)30)39-19-7-5-4-6-15(18)19/h4-9,13,16-18,20,23H,10-12H2,1-3H3,(H2,31,34)(H,33,37)/t16-,17-,18+,20-,23?/m1/s1. The van der Waals surface area contributed by atoms with Gasteiger partial charge in [0.25, 0.3) is 0 Å². The molecule has 2 aliphatic heterocycles. The molecule has 1 aliphatic carbocycles. The summed E-state index contributed by atoms with van der Waals surface area (Å²) in [5.41, 5.74) is 6.75. The Bertz CT molecular complexity index is 1300. The average molecular weight is 546 g/mol.